The summed E-state index contributed by atoms with van der Waals surface area (Å²) >= 11 is 7.16. The zero-order chi connectivity index (χ0) is 11.5. The number of halogens is 1. The standard InChI is InChI=1S/C11H14ClN3S/c1-7-2-4-8(5-3-7)14-11-15-10(12)9(6-13)16-11/h7-8H,2-5H2,1H3,(H,14,15). The molecule has 1 fully saturated rings. The second kappa shape index (κ2) is 5.03. The van der Waals surface area contributed by atoms with Gasteiger partial charge in [-0.15, -0.1) is 0 Å². The Hall–Kier alpha value is -0.790. The van der Waals surface area contributed by atoms with Crippen molar-refractivity contribution in [2.75, 3.05) is 5.32 Å². The SMILES string of the molecule is CC1CCC(Nc2nc(Cl)c(C#N)s2)CC1. The summed E-state index contributed by atoms with van der Waals surface area (Å²) in [7, 11) is 0. The first-order chi connectivity index (χ1) is 7.69. The Bertz CT molecular complexity index is 402. The third-order valence-electron chi connectivity index (χ3n) is 3.03. The second-order valence-electron chi connectivity index (χ2n) is 4.35. The zero-order valence-electron chi connectivity index (χ0n) is 9.16. The van der Waals surface area contributed by atoms with E-state index >= 15 is 0 Å². The summed E-state index contributed by atoms with van der Waals surface area (Å²) in [5.41, 5.74) is 0. The maximum absolute atomic E-state index is 8.78. The molecular formula is C11H14ClN3S. The minimum absolute atomic E-state index is 0.319. The fourth-order valence-corrected chi connectivity index (χ4v) is 3.04. The van der Waals surface area contributed by atoms with Gasteiger partial charge >= 0.3 is 0 Å². The monoisotopic (exact) mass is 255 g/mol. The molecule has 86 valence electrons. The van der Waals surface area contributed by atoms with E-state index < -0.39 is 0 Å². The molecule has 2 rings (SSSR count). The lowest BCUT2D eigenvalue weighted by atomic mass is 9.87. The Morgan fingerprint density at radius 3 is 2.69 bits per heavy atom. The number of nitrogens with one attached hydrogen (secondary N) is 1. The van der Waals surface area contributed by atoms with Crippen molar-refractivity contribution in [2.24, 2.45) is 5.92 Å². The van der Waals surface area contributed by atoms with Gasteiger partial charge in [0.05, 0.1) is 0 Å². The minimum Gasteiger partial charge on any atom is -0.359 e. The number of nitriles is 1. The van der Waals surface area contributed by atoms with E-state index in [-0.39, 0.29) is 0 Å². The van der Waals surface area contributed by atoms with Crippen LogP contribution in [-0.2, 0) is 0 Å². The third-order valence-corrected chi connectivity index (χ3v) is 4.31. The lowest BCUT2D eigenvalue weighted by molar-refractivity contribution is 0.361. The summed E-state index contributed by atoms with van der Waals surface area (Å²) in [5, 5.41) is 13.2. The van der Waals surface area contributed by atoms with E-state index in [0.29, 0.717) is 16.1 Å². The molecule has 0 aromatic carbocycles. The van der Waals surface area contributed by atoms with E-state index in [1.54, 1.807) is 0 Å². The van der Waals surface area contributed by atoms with Gasteiger partial charge in [0, 0.05) is 6.04 Å². The lowest BCUT2D eigenvalue weighted by Crippen LogP contribution is -2.24. The maximum atomic E-state index is 8.78. The van der Waals surface area contributed by atoms with Gasteiger partial charge in [-0.05, 0) is 31.6 Å². The quantitative estimate of drug-likeness (QED) is 0.877. The van der Waals surface area contributed by atoms with E-state index in [4.69, 9.17) is 16.9 Å². The molecule has 0 amide bonds. The summed E-state index contributed by atoms with van der Waals surface area (Å²) in [5.74, 6) is 0.840. The fraction of sp³-hybridized carbons (Fsp3) is 0.636. The van der Waals surface area contributed by atoms with Crippen LogP contribution in [0.25, 0.3) is 0 Å². The van der Waals surface area contributed by atoms with Crippen LogP contribution in [0.1, 0.15) is 37.5 Å². The molecule has 3 nitrogen and oxygen atoms in total. The molecule has 0 radical (unpaired) electrons. The van der Waals surface area contributed by atoms with Crippen LogP contribution < -0.4 is 5.32 Å². The van der Waals surface area contributed by atoms with Gasteiger partial charge in [-0.2, -0.15) is 5.26 Å². The van der Waals surface area contributed by atoms with Crippen LogP contribution >= 0.6 is 22.9 Å². The van der Waals surface area contributed by atoms with Gasteiger partial charge in [0.2, 0.25) is 0 Å². The molecule has 1 heterocycles. The number of hydrogen-bond acceptors (Lipinski definition) is 4. The number of thiazole rings is 1. The molecule has 5 heteroatoms. The minimum atomic E-state index is 0.319. The lowest BCUT2D eigenvalue weighted by Gasteiger charge is -2.26. The summed E-state index contributed by atoms with van der Waals surface area (Å²) in [4.78, 5) is 4.64. The topological polar surface area (TPSA) is 48.7 Å². The largest absolute Gasteiger partial charge is 0.359 e. The first-order valence-corrected chi connectivity index (χ1v) is 6.71. The number of rotatable bonds is 2. The highest BCUT2D eigenvalue weighted by Gasteiger charge is 2.19. The molecule has 0 bridgehead atoms. The summed E-state index contributed by atoms with van der Waals surface area (Å²) < 4.78 is 0. The highest BCUT2D eigenvalue weighted by Crippen LogP contribution is 2.30. The Labute approximate surface area is 104 Å². The van der Waals surface area contributed by atoms with E-state index in [1.165, 1.54) is 37.0 Å². The molecule has 1 N–H and O–H groups in total. The Morgan fingerprint density at radius 2 is 2.12 bits per heavy atom. The van der Waals surface area contributed by atoms with Crippen molar-refractivity contribution in [1.29, 1.82) is 5.26 Å². The Kier molecular flexibility index (Phi) is 3.67. The Balaban J connectivity index is 1.96. The zero-order valence-corrected chi connectivity index (χ0v) is 10.7. The van der Waals surface area contributed by atoms with Crippen LogP contribution in [0.4, 0.5) is 5.13 Å². The van der Waals surface area contributed by atoms with Crippen molar-refractivity contribution >= 4 is 28.1 Å². The fourth-order valence-electron chi connectivity index (χ4n) is 2.01. The van der Waals surface area contributed by atoms with Gasteiger partial charge in [0.1, 0.15) is 10.9 Å². The van der Waals surface area contributed by atoms with Crippen molar-refractivity contribution in [3.63, 3.8) is 0 Å². The van der Waals surface area contributed by atoms with Crippen molar-refractivity contribution in [2.45, 2.75) is 38.6 Å². The molecule has 0 unspecified atom stereocenters. The van der Waals surface area contributed by atoms with Crippen molar-refractivity contribution in [1.82, 2.24) is 4.98 Å². The highest BCUT2D eigenvalue weighted by molar-refractivity contribution is 7.16. The molecule has 1 aromatic heterocycles. The molecule has 0 saturated heterocycles. The Morgan fingerprint density at radius 1 is 1.44 bits per heavy atom. The highest BCUT2D eigenvalue weighted by atomic mass is 35.5. The van der Waals surface area contributed by atoms with Gasteiger partial charge < -0.3 is 5.32 Å². The van der Waals surface area contributed by atoms with Crippen LogP contribution in [0.15, 0.2) is 0 Å². The average molecular weight is 256 g/mol. The van der Waals surface area contributed by atoms with Crippen LogP contribution in [0.5, 0.6) is 0 Å². The normalized spacial score (nSPS) is 25.1. The van der Waals surface area contributed by atoms with Crippen LogP contribution in [-0.4, -0.2) is 11.0 Å². The molecular weight excluding hydrogens is 242 g/mol. The first-order valence-electron chi connectivity index (χ1n) is 5.52. The molecule has 16 heavy (non-hydrogen) atoms. The van der Waals surface area contributed by atoms with Crippen molar-refractivity contribution in [3.05, 3.63) is 10.0 Å². The summed E-state index contributed by atoms with van der Waals surface area (Å²) in [6.07, 6.45) is 4.89. The van der Waals surface area contributed by atoms with Gasteiger partial charge in [-0.25, -0.2) is 4.98 Å². The van der Waals surface area contributed by atoms with Crippen molar-refractivity contribution < 1.29 is 0 Å². The predicted octanol–water partition coefficient (Wildman–Crippen LogP) is 3.66. The first kappa shape index (κ1) is 11.7. The predicted molar refractivity (Wildman–Crippen MR) is 66.9 cm³/mol. The summed E-state index contributed by atoms with van der Waals surface area (Å²) in [6.45, 7) is 2.30. The number of aromatic nitrogens is 1. The van der Waals surface area contributed by atoms with E-state index in [2.05, 4.69) is 17.2 Å². The molecule has 1 aliphatic rings. The van der Waals surface area contributed by atoms with Crippen LogP contribution in [0.3, 0.4) is 0 Å². The number of nitrogens with zero attached hydrogens (tertiary/aromatic N) is 2. The van der Waals surface area contributed by atoms with Crippen molar-refractivity contribution in [3.8, 4) is 6.07 Å². The molecule has 1 aromatic rings. The van der Waals surface area contributed by atoms with E-state index in [9.17, 15) is 0 Å². The third kappa shape index (κ3) is 2.66. The van der Waals surface area contributed by atoms with E-state index in [1.807, 2.05) is 6.07 Å². The molecule has 0 atom stereocenters. The molecule has 1 saturated carbocycles. The molecule has 1 aliphatic carbocycles. The second-order valence-corrected chi connectivity index (χ2v) is 5.71. The summed E-state index contributed by atoms with van der Waals surface area (Å²) in [6, 6.07) is 2.53. The van der Waals surface area contributed by atoms with Gasteiger partial charge in [-0.3, -0.25) is 0 Å². The average Bonchev–Trinajstić information content (AvgIpc) is 2.62. The maximum Gasteiger partial charge on any atom is 0.185 e. The smallest absolute Gasteiger partial charge is 0.185 e. The number of anilines is 1. The van der Waals surface area contributed by atoms with Gasteiger partial charge in [0.15, 0.2) is 10.3 Å². The van der Waals surface area contributed by atoms with Gasteiger partial charge in [-0.1, -0.05) is 29.9 Å². The van der Waals surface area contributed by atoms with Gasteiger partial charge in [0.25, 0.3) is 0 Å². The molecule has 0 aliphatic heterocycles. The van der Waals surface area contributed by atoms with Crippen LogP contribution in [0, 0.1) is 17.2 Å². The molecule has 0 spiro atoms. The van der Waals surface area contributed by atoms with E-state index in [0.717, 1.165) is 11.0 Å². The number of hydrogen-bond donors (Lipinski definition) is 1. The van der Waals surface area contributed by atoms with Crippen LogP contribution in [0.2, 0.25) is 5.15 Å².